The molecule has 2 unspecified atom stereocenters. The van der Waals surface area contributed by atoms with Crippen molar-refractivity contribution >= 4 is 0 Å². The number of hydrogen-bond donors (Lipinski definition) is 1. The van der Waals surface area contributed by atoms with E-state index in [2.05, 4.69) is 13.8 Å². The Labute approximate surface area is 104 Å². The molecule has 17 heavy (non-hydrogen) atoms. The predicted octanol–water partition coefficient (Wildman–Crippen LogP) is 2.43. The van der Waals surface area contributed by atoms with Crippen molar-refractivity contribution in [2.75, 3.05) is 13.2 Å². The molecule has 0 amide bonds. The van der Waals surface area contributed by atoms with E-state index in [1.165, 1.54) is 6.42 Å². The maximum atomic E-state index is 10.5. The summed E-state index contributed by atoms with van der Waals surface area (Å²) in [5.41, 5.74) is 0.304. The van der Waals surface area contributed by atoms with Crippen LogP contribution in [0, 0.1) is 23.2 Å². The first kappa shape index (κ1) is 13.3. The van der Waals surface area contributed by atoms with Gasteiger partial charge in [-0.25, -0.2) is 0 Å². The molecular formula is C14H26O3. The fourth-order valence-electron chi connectivity index (χ4n) is 3.70. The molecule has 0 aromatic carbocycles. The van der Waals surface area contributed by atoms with E-state index in [1.54, 1.807) is 0 Å². The average molecular weight is 242 g/mol. The highest BCUT2D eigenvalue weighted by Crippen LogP contribution is 2.61. The van der Waals surface area contributed by atoms with Crippen LogP contribution in [-0.2, 0) is 9.47 Å². The molecule has 0 aromatic heterocycles. The summed E-state index contributed by atoms with van der Waals surface area (Å²) >= 11 is 0. The molecule has 3 heteroatoms. The number of rotatable bonds is 5. The number of fused-ring (bicyclic) bond motifs is 2. The van der Waals surface area contributed by atoms with Crippen molar-refractivity contribution in [3.8, 4) is 0 Å². The third-order valence-corrected chi connectivity index (χ3v) is 4.97. The lowest BCUT2D eigenvalue weighted by molar-refractivity contribution is -0.250. The van der Waals surface area contributed by atoms with Gasteiger partial charge in [0, 0.05) is 19.1 Å². The lowest BCUT2D eigenvalue weighted by atomic mass is 9.45. The van der Waals surface area contributed by atoms with E-state index < -0.39 is 0 Å². The molecule has 4 atom stereocenters. The fraction of sp³-hybridized carbons (Fsp3) is 1.00. The molecule has 0 aromatic rings. The van der Waals surface area contributed by atoms with Gasteiger partial charge in [0.25, 0.3) is 0 Å². The second kappa shape index (κ2) is 4.87. The molecule has 3 fully saturated rings. The first-order valence-electron chi connectivity index (χ1n) is 6.93. The van der Waals surface area contributed by atoms with Crippen LogP contribution < -0.4 is 0 Å². The maximum absolute atomic E-state index is 10.5. The lowest BCUT2D eigenvalue weighted by Crippen LogP contribution is -2.60. The number of ether oxygens (including phenoxy) is 2. The maximum Gasteiger partial charge on any atom is 0.162 e. The van der Waals surface area contributed by atoms with Crippen LogP contribution in [0.15, 0.2) is 0 Å². The van der Waals surface area contributed by atoms with Crippen molar-refractivity contribution in [3.63, 3.8) is 0 Å². The Hall–Kier alpha value is -0.120. The van der Waals surface area contributed by atoms with E-state index >= 15 is 0 Å². The van der Waals surface area contributed by atoms with Crippen LogP contribution in [0.3, 0.4) is 0 Å². The zero-order valence-electron chi connectivity index (χ0n) is 11.5. The smallest absolute Gasteiger partial charge is 0.162 e. The molecule has 0 radical (unpaired) electrons. The largest absolute Gasteiger partial charge is 0.392 e. The fourth-order valence-corrected chi connectivity index (χ4v) is 3.70. The monoisotopic (exact) mass is 242 g/mol. The third kappa shape index (κ3) is 2.13. The second-order valence-electron chi connectivity index (χ2n) is 6.03. The van der Waals surface area contributed by atoms with E-state index in [4.69, 9.17) is 9.47 Å². The van der Waals surface area contributed by atoms with E-state index in [0.717, 1.165) is 12.3 Å². The van der Waals surface area contributed by atoms with Crippen LogP contribution in [0.25, 0.3) is 0 Å². The molecule has 0 spiro atoms. The molecule has 0 aliphatic heterocycles. The molecule has 1 N–H and O–H groups in total. The van der Waals surface area contributed by atoms with Gasteiger partial charge in [0.1, 0.15) is 0 Å². The lowest BCUT2D eigenvalue weighted by Gasteiger charge is -2.61. The number of aliphatic hydroxyl groups is 1. The van der Waals surface area contributed by atoms with Crippen LogP contribution in [-0.4, -0.2) is 30.7 Å². The van der Waals surface area contributed by atoms with Gasteiger partial charge in [-0.1, -0.05) is 13.8 Å². The second-order valence-corrected chi connectivity index (χ2v) is 6.03. The summed E-state index contributed by atoms with van der Waals surface area (Å²) in [4.78, 5) is 0. The zero-order valence-corrected chi connectivity index (χ0v) is 11.5. The Balaban J connectivity index is 2.03. The van der Waals surface area contributed by atoms with Gasteiger partial charge in [-0.05, 0) is 43.9 Å². The molecule has 3 rings (SSSR count). The van der Waals surface area contributed by atoms with Crippen LogP contribution in [0.5, 0.6) is 0 Å². The predicted molar refractivity (Wildman–Crippen MR) is 66.5 cm³/mol. The SMILES string of the molecule is CCOC(OCC)C1C[C@H]2C[C@@H](C1O)C2(C)C. The molecular weight excluding hydrogens is 216 g/mol. The highest BCUT2D eigenvalue weighted by Gasteiger charge is 2.59. The Morgan fingerprint density at radius 3 is 2.18 bits per heavy atom. The van der Waals surface area contributed by atoms with Crippen molar-refractivity contribution in [1.82, 2.24) is 0 Å². The van der Waals surface area contributed by atoms with Gasteiger partial charge in [-0.2, -0.15) is 0 Å². The van der Waals surface area contributed by atoms with Crippen molar-refractivity contribution < 1.29 is 14.6 Å². The summed E-state index contributed by atoms with van der Waals surface area (Å²) < 4.78 is 11.3. The Morgan fingerprint density at radius 2 is 1.76 bits per heavy atom. The van der Waals surface area contributed by atoms with Gasteiger partial charge in [0.05, 0.1) is 6.10 Å². The summed E-state index contributed by atoms with van der Waals surface area (Å²) in [6, 6.07) is 0. The van der Waals surface area contributed by atoms with Gasteiger partial charge in [0.2, 0.25) is 0 Å². The van der Waals surface area contributed by atoms with E-state index in [1.807, 2.05) is 13.8 Å². The van der Waals surface area contributed by atoms with Crippen LogP contribution in [0.1, 0.15) is 40.5 Å². The van der Waals surface area contributed by atoms with Crippen LogP contribution in [0.4, 0.5) is 0 Å². The normalized spacial score (nSPS) is 39.2. The van der Waals surface area contributed by atoms with Gasteiger partial charge < -0.3 is 14.6 Å². The van der Waals surface area contributed by atoms with Gasteiger partial charge in [0.15, 0.2) is 6.29 Å². The molecule has 3 nitrogen and oxygen atoms in total. The minimum Gasteiger partial charge on any atom is -0.392 e. The molecule has 3 saturated carbocycles. The van der Waals surface area contributed by atoms with E-state index in [9.17, 15) is 5.11 Å². The highest BCUT2D eigenvalue weighted by atomic mass is 16.7. The average Bonchev–Trinajstić information content (AvgIpc) is 2.28. The summed E-state index contributed by atoms with van der Waals surface area (Å²) in [5, 5.41) is 10.5. The molecule has 0 saturated heterocycles. The van der Waals surface area contributed by atoms with Crippen LogP contribution in [0.2, 0.25) is 0 Å². The highest BCUT2D eigenvalue weighted by molar-refractivity contribution is 5.07. The third-order valence-electron chi connectivity index (χ3n) is 4.97. The summed E-state index contributed by atoms with van der Waals surface area (Å²) in [5.74, 6) is 1.31. The number of hydrogen-bond acceptors (Lipinski definition) is 3. The zero-order chi connectivity index (χ0) is 12.6. The standard InChI is InChI=1S/C14H26O3/c1-5-16-13(17-6-2)10-7-9-8-11(12(10)15)14(9,3)4/h9-13,15H,5-8H2,1-4H3/t9-,10?,11-,12?/m0/s1. The Bertz CT molecular complexity index is 256. The Kier molecular flexibility index (Phi) is 3.81. The van der Waals surface area contributed by atoms with Crippen molar-refractivity contribution in [1.29, 1.82) is 0 Å². The number of aliphatic hydroxyl groups excluding tert-OH is 1. The van der Waals surface area contributed by atoms with Crippen molar-refractivity contribution in [3.05, 3.63) is 0 Å². The molecule has 0 heterocycles. The first-order valence-corrected chi connectivity index (χ1v) is 6.93. The first-order chi connectivity index (χ1) is 8.02. The van der Waals surface area contributed by atoms with Crippen LogP contribution >= 0.6 is 0 Å². The van der Waals surface area contributed by atoms with E-state index in [-0.39, 0.29) is 18.3 Å². The topological polar surface area (TPSA) is 38.7 Å². The van der Waals surface area contributed by atoms with Gasteiger partial charge in [-0.15, -0.1) is 0 Å². The summed E-state index contributed by atoms with van der Waals surface area (Å²) in [7, 11) is 0. The minimum absolute atomic E-state index is 0.159. The summed E-state index contributed by atoms with van der Waals surface area (Å²) in [6.45, 7) is 9.81. The van der Waals surface area contributed by atoms with Gasteiger partial charge in [-0.3, -0.25) is 0 Å². The van der Waals surface area contributed by atoms with Crippen molar-refractivity contribution in [2.24, 2.45) is 23.2 Å². The van der Waals surface area contributed by atoms with Gasteiger partial charge >= 0.3 is 0 Å². The molecule has 3 aliphatic rings. The van der Waals surface area contributed by atoms with Crippen molar-refractivity contribution in [2.45, 2.75) is 52.9 Å². The Morgan fingerprint density at radius 1 is 1.18 bits per heavy atom. The molecule has 3 aliphatic carbocycles. The molecule has 2 bridgehead atoms. The minimum atomic E-state index is -0.266. The molecule has 100 valence electrons. The summed E-state index contributed by atoms with van der Waals surface area (Å²) in [6.07, 6.45) is 1.73. The quantitative estimate of drug-likeness (QED) is 0.753. The van der Waals surface area contributed by atoms with E-state index in [0.29, 0.717) is 24.5 Å².